The summed E-state index contributed by atoms with van der Waals surface area (Å²) in [5.74, 6) is -0.353. The van der Waals surface area contributed by atoms with Crippen LogP contribution in [0, 0.1) is 5.82 Å². The van der Waals surface area contributed by atoms with Gasteiger partial charge >= 0.3 is 0 Å². The standard InChI is InChI=1S/C22H19ClFN3O3S/c1-12-16-9-21(28)27(2)11-19(16)17-7-14(10-25-31(29)30)20(23)8-18(17)22(26-12)13-3-5-15(24)6-4-13/h3-9,11-12,25H,10H2,1-2H3,(H,29,30)/t12-/m0/s1. The highest BCUT2D eigenvalue weighted by Crippen LogP contribution is 2.39. The summed E-state index contributed by atoms with van der Waals surface area (Å²) in [6.45, 7) is 1.97. The Kier molecular flexibility index (Phi) is 5.90. The van der Waals surface area contributed by atoms with Gasteiger partial charge < -0.3 is 4.57 Å². The maximum atomic E-state index is 13.5. The van der Waals surface area contributed by atoms with Crippen molar-refractivity contribution in [2.75, 3.05) is 0 Å². The smallest absolute Gasteiger partial charge is 0.250 e. The Morgan fingerprint density at radius 3 is 2.58 bits per heavy atom. The van der Waals surface area contributed by atoms with Crippen molar-refractivity contribution in [2.24, 2.45) is 12.0 Å². The summed E-state index contributed by atoms with van der Waals surface area (Å²) < 4.78 is 37.6. The average molecular weight is 460 g/mol. The molecule has 31 heavy (non-hydrogen) atoms. The summed E-state index contributed by atoms with van der Waals surface area (Å²) in [5.41, 5.74) is 4.89. The number of rotatable bonds is 4. The summed E-state index contributed by atoms with van der Waals surface area (Å²) >= 11 is 4.32. The highest BCUT2D eigenvalue weighted by molar-refractivity contribution is 7.77. The van der Waals surface area contributed by atoms with Crippen molar-refractivity contribution >= 4 is 28.6 Å². The molecule has 1 unspecified atom stereocenters. The van der Waals surface area contributed by atoms with Crippen molar-refractivity contribution in [3.8, 4) is 11.1 Å². The second kappa shape index (κ2) is 8.47. The van der Waals surface area contributed by atoms with E-state index >= 15 is 0 Å². The van der Waals surface area contributed by atoms with Crippen LogP contribution in [0.2, 0.25) is 5.02 Å². The van der Waals surface area contributed by atoms with Crippen LogP contribution in [0.1, 0.15) is 35.2 Å². The first-order chi connectivity index (χ1) is 14.7. The van der Waals surface area contributed by atoms with Gasteiger partial charge in [-0.05, 0) is 60.0 Å². The predicted molar refractivity (Wildman–Crippen MR) is 120 cm³/mol. The molecular formula is C22H19ClFN3O3S. The second-order valence-corrected chi connectivity index (χ2v) is 8.51. The van der Waals surface area contributed by atoms with Crippen molar-refractivity contribution in [2.45, 2.75) is 19.5 Å². The number of halogens is 2. The third kappa shape index (κ3) is 4.24. The molecule has 4 rings (SSSR count). The number of nitrogens with zero attached hydrogens (tertiary/aromatic N) is 2. The van der Waals surface area contributed by atoms with Crippen molar-refractivity contribution in [1.29, 1.82) is 0 Å². The highest BCUT2D eigenvalue weighted by atomic mass is 35.5. The van der Waals surface area contributed by atoms with Crippen LogP contribution in [0.25, 0.3) is 11.1 Å². The molecule has 0 saturated carbocycles. The van der Waals surface area contributed by atoms with Crippen LogP contribution in [0.15, 0.2) is 58.4 Å². The number of pyridine rings is 1. The SMILES string of the molecule is C[C@@H]1N=C(c2ccc(F)cc2)c2cc(Cl)c(CNS(=O)O)cc2-c2cn(C)c(=O)cc21. The van der Waals surface area contributed by atoms with Crippen LogP contribution in [0.4, 0.5) is 4.39 Å². The molecule has 1 aliphatic rings. The van der Waals surface area contributed by atoms with E-state index in [-0.39, 0.29) is 24.0 Å². The number of aryl methyl sites for hydroxylation is 1. The van der Waals surface area contributed by atoms with Crippen LogP contribution < -0.4 is 10.3 Å². The molecule has 0 amide bonds. The van der Waals surface area contributed by atoms with E-state index in [1.54, 1.807) is 37.5 Å². The van der Waals surface area contributed by atoms with Crippen LogP contribution in [0.3, 0.4) is 0 Å². The van der Waals surface area contributed by atoms with E-state index in [9.17, 15) is 13.4 Å². The van der Waals surface area contributed by atoms with Crippen LogP contribution in [0.5, 0.6) is 0 Å². The van der Waals surface area contributed by atoms with E-state index in [1.807, 2.05) is 13.0 Å². The summed E-state index contributed by atoms with van der Waals surface area (Å²) in [5, 5.41) is 0.396. The topological polar surface area (TPSA) is 83.7 Å². The third-order valence-corrected chi connectivity index (χ3v) is 6.01. The Labute approximate surface area is 185 Å². The number of nitrogens with one attached hydrogen (secondary N) is 1. The molecule has 0 aliphatic carbocycles. The minimum atomic E-state index is -2.19. The first-order valence-corrected chi connectivity index (χ1v) is 10.9. The zero-order valence-electron chi connectivity index (χ0n) is 16.7. The molecule has 2 atom stereocenters. The van der Waals surface area contributed by atoms with E-state index in [1.165, 1.54) is 16.7 Å². The number of hydrogen-bond donors (Lipinski definition) is 2. The molecule has 0 radical (unpaired) electrons. The van der Waals surface area contributed by atoms with Crippen molar-refractivity contribution < 1.29 is 13.2 Å². The molecule has 2 aromatic carbocycles. The monoisotopic (exact) mass is 459 g/mol. The maximum absolute atomic E-state index is 13.5. The lowest BCUT2D eigenvalue weighted by molar-refractivity contribution is 0.548. The molecule has 0 fully saturated rings. The number of benzene rings is 2. The molecule has 2 heterocycles. The third-order valence-electron chi connectivity index (χ3n) is 5.27. The molecule has 0 bridgehead atoms. The molecule has 9 heteroatoms. The van der Waals surface area contributed by atoms with Crippen LogP contribution in [-0.2, 0) is 24.9 Å². The molecule has 160 valence electrons. The van der Waals surface area contributed by atoms with Gasteiger partial charge in [-0.25, -0.2) is 13.3 Å². The lowest BCUT2D eigenvalue weighted by Gasteiger charge is -2.16. The van der Waals surface area contributed by atoms with E-state index in [0.717, 1.165) is 22.3 Å². The fourth-order valence-corrected chi connectivity index (χ4v) is 4.21. The van der Waals surface area contributed by atoms with Gasteiger partial charge in [-0.3, -0.25) is 14.3 Å². The first-order valence-electron chi connectivity index (χ1n) is 9.46. The van der Waals surface area contributed by atoms with Crippen LogP contribution >= 0.6 is 11.6 Å². The zero-order valence-corrected chi connectivity index (χ0v) is 18.3. The van der Waals surface area contributed by atoms with E-state index in [4.69, 9.17) is 21.1 Å². The second-order valence-electron chi connectivity index (χ2n) is 7.31. The Hall–Kier alpha value is -2.65. The van der Waals surface area contributed by atoms with E-state index < -0.39 is 11.3 Å². The fraction of sp³-hybridized carbons (Fsp3) is 0.182. The van der Waals surface area contributed by atoms with Gasteiger partial charge in [0.05, 0.1) is 11.8 Å². The van der Waals surface area contributed by atoms with Gasteiger partial charge in [0, 0.05) is 47.6 Å². The van der Waals surface area contributed by atoms with Gasteiger partial charge in [-0.15, -0.1) is 0 Å². The van der Waals surface area contributed by atoms with E-state index in [2.05, 4.69) is 4.72 Å². The minimum absolute atomic E-state index is 0.0783. The van der Waals surface area contributed by atoms with Crippen molar-refractivity contribution in [3.05, 3.63) is 92.1 Å². The molecule has 1 aliphatic heterocycles. The number of aliphatic imine (C=N–C) groups is 1. The molecule has 6 nitrogen and oxygen atoms in total. The Morgan fingerprint density at radius 2 is 1.90 bits per heavy atom. The van der Waals surface area contributed by atoms with Gasteiger partial charge in [-0.1, -0.05) is 11.6 Å². The van der Waals surface area contributed by atoms with Gasteiger partial charge in [0.25, 0.3) is 5.56 Å². The lowest BCUT2D eigenvalue weighted by Crippen LogP contribution is -2.17. The molecule has 2 N–H and O–H groups in total. The predicted octanol–water partition coefficient (Wildman–Crippen LogP) is 3.98. The quantitative estimate of drug-likeness (QED) is 0.579. The summed E-state index contributed by atoms with van der Waals surface area (Å²) in [6.07, 6.45) is 1.76. The normalized spacial score (nSPS) is 16.2. The highest BCUT2D eigenvalue weighted by Gasteiger charge is 2.25. The Balaban J connectivity index is 2.01. The summed E-state index contributed by atoms with van der Waals surface area (Å²) in [6, 6.07) is 10.9. The van der Waals surface area contributed by atoms with Gasteiger partial charge in [-0.2, -0.15) is 0 Å². The van der Waals surface area contributed by atoms with Gasteiger partial charge in [0.15, 0.2) is 0 Å². The zero-order chi connectivity index (χ0) is 22.3. The van der Waals surface area contributed by atoms with E-state index in [0.29, 0.717) is 21.9 Å². The molecule has 0 spiro atoms. The number of hydrogen-bond acceptors (Lipinski definition) is 3. The first kappa shape index (κ1) is 21.6. The summed E-state index contributed by atoms with van der Waals surface area (Å²) in [7, 11) is 1.67. The fourth-order valence-electron chi connectivity index (χ4n) is 3.70. The maximum Gasteiger partial charge on any atom is 0.250 e. The molecule has 0 saturated heterocycles. The lowest BCUT2D eigenvalue weighted by atomic mass is 9.91. The Bertz CT molecular complexity index is 1290. The minimum Gasteiger partial charge on any atom is -0.318 e. The molecule has 1 aromatic heterocycles. The van der Waals surface area contributed by atoms with Crippen molar-refractivity contribution in [3.63, 3.8) is 0 Å². The number of aromatic nitrogens is 1. The largest absolute Gasteiger partial charge is 0.318 e. The van der Waals surface area contributed by atoms with Crippen molar-refractivity contribution in [1.82, 2.24) is 9.29 Å². The molecular weight excluding hydrogens is 441 g/mol. The Morgan fingerprint density at radius 1 is 1.19 bits per heavy atom. The van der Waals surface area contributed by atoms with Crippen LogP contribution in [-0.4, -0.2) is 19.0 Å². The summed E-state index contributed by atoms with van der Waals surface area (Å²) in [4.78, 5) is 17.2. The van der Waals surface area contributed by atoms with Gasteiger partial charge in [0.2, 0.25) is 11.3 Å². The van der Waals surface area contributed by atoms with Gasteiger partial charge in [0.1, 0.15) is 5.82 Å². The molecule has 3 aromatic rings. The average Bonchev–Trinajstić information content (AvgIpc) is 2.83. The number of fused-ring (bicyclic) bond motifs is 3.